The summed E-state index contributed by atoms with van der Waals surface area (Å²) >= 11 is 0. The highest BCUT2D eigenvalue weighted by molar-refractivity contribution is 6.08. The maximum atomic E-state index is 5.34. The summed E-state index contributed by atoms with van der Waals surface area (Å²) in [6.45, 7) is 4.31. The van der Waals surface area contributed by atoms with Crippen molar-refractivity contribution in [3.8, 4) is 5.75 Å². The van der Waals surface area contributed by atoms with Crippen LogP contribution in [0.25, 0.3) is 21.9 Å². The lowest BCUT2D eigenvalue weighted by Crippen LogP contribution is -2.07. The van der Waals surface area contributed by atoms with Gasteiger partial charge in [-0.1, -0.05) is 0 Å². The van der Waals surface area contributed by atoms with Crippen LogP contribution in [0.2, 0.25) is 0 Å². The zero-order valence-corrected chi connectivity index (χ0v) is 12.8. The second kappa shape index (κ2) is 6.62. The molecule has 0 atom stereocenters. The molecule has 0 aliphatic heterocycles. The Morgan fingerprint density at radius 1 is 1.27 bits per heavy atom. The number of ether oxygens (including phenoxy) is 2. The summed E-state index contributed by atoms with van der Waals surface area (Å²) in [5.41, 5.74) is 2.84. The highest BCUT2D eigenvalue weighted by Crippen LogP contribution is 2.29. The van der Waals surface area contributed by atoms with E-state index in [-0.39, 0.29) is 0 Å². The molecule has 116 valence electrons. The smallest absolute Gasteiger partial charge is 0.153 e. The molecule has 3 aromatic rings. The van der Waals surface area contributed by atoms with E-state index in [0.717, 1.165) is 59.7 Å². The third-order valence-electron chi connectivity index (χ3n) is 3.55. The van der Waals surface area contributed by atoms with E-state index in [1.165, 1.54) is 0 Å². The Balaban J connectivity index is 1.88. The molecular formula is C16H20N4O2. The summed E-state index contributed by atoms with van der Waals surface area (Å²) < 4.78 is 10.6. The number of anilines is 1. The fourth-order valence-electron chi connectivity index (χ4n) is 2.46. The van der Waals surface area contributed by atoms with Crippen molar-refractivity contribution in [2.75, 3.05) is 32.2 Å². The first-order valence-electron chi connectivity index (χ1n) is 7.45. The highest BCUT2D eigenvalue weighted by atomic mass is 16.5. The van der Waals surface area contributed by atoms with Gasteiger partial charge in [-0.05, 0) is 31.5 Å². The Labute approximate surface area is 128 Å². The van der Waals surface area contributed by atoms with E-state index in [2.05, 4.69) is 20.3 Å². The van der Waals surface area contributed by atoms with Crippen LogP contribution in [0.15, 0.2) is 24.5 Å². The molecule has 22 heavy (non-hydrogen) atoms. The molecule has 0 aliphatic carbocycles. The molecule has 6 heteroatoms. The van der Waals surface area contributed by atoms with Gasteiger partial charge in [0.05, 0.1) is 7.11 Å². The van der Waals surface area contributed by atoms with Crippen LogP contribution in [-0.4, -0.2) is 41.8 Å². The number of nitrogens with zero attached hydrogens (tertiary/aromatic N) is 2. The summed E-state index contributed by atoms with van der Waals surface area (Å²) in [6.07, 6.45) is 2.52. The Morgan fingerprint density at radius 2 is 2.18 bits per heavy atom. The minimum absolute atomic E-state index is 0.752. The van der Waals surface area contributed by atoms with Crippen LogP contribution in [0.4, 0.5) is 5.82 Å². The maximum absolute atomic E-state index is 5.34. The zero-order chi connectivity index (χ0) is 15.4. The van der Waals surface area contributed by atoms with Crippen LogP contribution < -0.4 is 10.1 Å². The third kappa shape index (κ3) is 2.82. The van der Waals surface area contributed by atoms with Gasteiger partial charge in [0.1, 0.15) is 23.1 Å². The van der Waals surface area contributed by atoms with Gasteiger partial charge in [0, 0.05) is 30.7 Å². The van der Waals surface area contributed by atoms with Gasteiger partial charge in [-0.15, -0.1) is 0 Å². The molecular weight excluding hydrogens is 280 g/mol. The molecule has 0 fully saturated rings. The minimum Gasteiger partial charge on any atom is -0.497 e. The van der Waals surface area contributed by atoms with E-state index in [0.29, 0.717) is 0 Å². The van der Waals surface area contributed by atoms with Crippen molar-refractivity contribution < 1.29 is 9.47 Å². The van der Waals surface area contributed by atoms with Gasteiger partial charge < -0.3 is 19.8 Å². The zero-order valence-electron chi connectivity index (χ0n) is 12.8. The summed E-state index contributed by atoms with van der Waals surface area (Å²) in [5, 5.41) is 4.38. The first-order chi connectivity index (χ1) is 10.8. The Morgan fingerprint density at radius 3 is 3.00 bits per heavy atom. The predicted molar refractivity (Wildman–Crippen MR) is 87.5 cm³/mol. The molecule has 0 aliphatic rings. The Hall–Kier alpha value is -2.34. The quantitative estimate of drug-likeness (QED) is 0.656. The average Bonchev–Trinajstić information content (AvgIpc) is 2.93. The fourth-order valence-corrected chi connectivity index (χ4v) is 2.46. The number of hydrogen-bond donors (Lipinski definition) is 2. The largest absolute Gasteiger partial charge is 0.497 e. The molecule has 2 heterocycles. The molecule has 1 aromatic carbocycles. The van der Waals surface area contributed by atoms with Gasteiger partial charge in [0.2, 0.25) is 0 Å². The number of fused-ring (bicyclic) bond motifs is 3. The van der Waals surface area contributed by atoms with Gasteiger partial charge in [-0.3, -0.25) is 0 Å². The van der Waals surface area contributed by atoms with Crippen molar-refractivity contribution in [1.29, 1.82) is 0 Å². The van der Waals surface area contributed by atoms with Gasteiger partial charge in [0.25, 0.3) is 0 Å². The van der Waals surface area contributed by atoms with Crippen molar-refractivity contribution in [1.82, 2.24) is 15.0 Å². The number of H-pyrrole nitrogens is 1. The van der Waals surface area contributed by atoms with E-state index in [4.69, 9.17) is 9.47 Å². The normalized spacial score (nSPS) is 11.2. The molecule has 0 bridgehead atoms. The lowest BCUT2D eigenvalue weighted by Gasteiger charge is -2.06. The van der Waals surface area contributed by atoms with E-state index in [1.807, 2.05) is 25.1 Å². The summed E-state index contributed by atoms with van der Waals surface area (Å²) in [7, 11) is 1.66. The van der Waals surface area contributed by atoms with Gasteiger partial charge in [-0.25, -0.2) is 9.97 Å². The Kier molecular flexibility index (Phi) is 4.39. The number of aromatic nitrogens is 3. The first-order valence-corrected chi connectivity index (χ1v) is 7.45. The van der Waals surface area contributed by atoms with E-state index >= 15 is 0 Å². The summed E-state index contributed by atoms with van der Waals surface area (Å²) in [5.74, 6) is 1.63. The van der Waals surface area contributed by atoms with Crippen LogP contribution in [0.1, 0.15) is 13.3 Å². The molecule has 0 radical (unpaired) electrons. The molecule has 0 saturated heterocycles. The molecule has 0 amide bonds. The number of benzene rings is 1. The topological polar surface area (TPSA) is 72.1 Å². The highest BCUT2D eigenvalue weighted by Gasteiger charge is 2.11. The summed E-state index contributed by atoms with van der Waals surface area (Å²) in [4.78, 5) is 12.1. The van der Waals surface area contributed by atoms with Crippen LogP contribution in [0, 0.1) is 0 Å². The molecule has 2 N–H and O–H groups in total. The van der Waals surface area contributed by atoms with Crippen molar-refractivity contribution in [2.45, 2.75) is 13.3 Å². The monoisotopic (exact) mass is 300 g/mol. The molecule has 3 rings (SSSR count). The second-order valence-corrected chi connectivity index (χ2v) is 4.96. The average molecular weight is 300 g/mol. The number of rotatable bonds is 7. The van der Waals surface area contributed by atoms with Gasteiger partial charge >= 0.3 is 0 Å². The van der Waals surface area contributed by atoms with Gasteiger partial charge in [0.15, 0.2) is 5.82 Å². The lowest BCUT2D eigenvalue weighted by atomic mass is 10.2. The number of hydrogen-bond acceptors (Lipinski definition) is 5. The second-order valence-electron chi connectivity index (χ2n) is 4.96. The SMILES string of the molecule is CCOCCCNc1ncnc2c1[nH]c1ccc(OC)cc12. The summed E-state index contributed by atoms with van der Waals surface area (Å²) in [6, 6.07) is 5.91. The minimum atomic E-state index is 0.752. The lowest BCUT2D eigenvalue weighted by molar-refractivity contribution is 0.147. The Bertz CT molecular complexity index is 769. The fraction of sp³-hybridized carbons (Fsp3) is 0.375. The number of nitrogens with one attached hydrogen (secondary N) is 2. The van der Waals surface area contributed by atoms with E-state index in [9.17, 15) is 0 Å². The molecule has 0 spiro atoms. The predicted octanol–water partition coefficient (Wildman–Crippen LogP) is 2.96. The standard InChI is InChI=1S/C16H20N4O2/c1-3-22-8-4-7-17-16-15-14(18-10-19-16)12-9-11(21-2)5-6-13(12)20-15/h5-6,9-10,20H,3-4,7-8H2,1-2H3,(H,17,18,19). The molecule has 6 nitrogen and oxygen atoms in total. The van der Waals surface area contributed by atoms with Crippen LogP contribution in [0.5, 0.6) is 5.75 Å². The number of methoxy groups -OCH3 is 1. The van der Waals surface area contributed by atoms with Crippen molar-refractivity contribution in [3.63, 3.8) is 0 Å². The van der Waals surface area contributed by atoms with Crippen LogP contribution in [0.3, 0.4) is 0 Å². The molecule has 0 unspecified atom stereocenters. The van der Waals surface area contributed by atoms with Crippen LogP contribution in [-0.2, 0) is 4.74 Å². The third-order valence-corrected chi connectivity index (χ3v) is 3.55. The van der Waals surface area contributed by atoms with Crippen molar-refractivity contribution in [2.24, 2.45) is 0 Å². The van der Waals surface area contributed by atoms with Crippen molar-refractivity contribution >= 4 is 27.8 Å². The van der Waals surface area contributed by atoms with Crippen LogP contribution >= 0.6 is 0 Å². The van der Waals surface area contributed by atoms with Gasteiger partial charge in [-0.2, -0.15) is 0 Å². The first kappa shape index (κ1) is 14.6. The maximum Gasteiger partial charge on any atom is 0.153 e. The van der Waals surface area contributed by atoms with Crippen molar-refractivity contribution in [3.05, 3.63) is 24.5 Å². The van der Waals surface area contributed by atoms with E-state index in [1.54, 1.807) is 13.4 Å². The number of aromatic amines is 1. The molecule has 2 aromatic heterocycles. The van der Waals surface area contributed by atoms with E-state index < -0.39 is 0 Å². The molecule has 0 saturated carbocycles.